The van der Waals surface area contributed by atoms with Gasteiger partial charge in [-0.1, -0.05) is 26.2 Å². The first-order valence-corrected chi connectivity index (χ1v) is 6.08. The van der Waals surface area contributed by atoms with Crippen molar-refractivity contribution < 1.29 is 14.6 Å². The fourth-order valence-electron chi connectivity index (χ4n) is 2.16. The second kappa shape index (κ2) is 6.11. The monoisotopic (exact) mass is 214 g/mol. The zero-order valence-electron chi connectivity index (χ0n) is 9.63. The van der Waals surface area contributed by atoms with Gasteiger partial charge in [0.05, 0.1) is 0 Å². The van der Waals surface area contributed by atoms with Gasteiger partial charge in [0.15, 0.2) is 5.60 Å². The predicted octanol–water partition coefficient (Wildman–Crippen LogP) is 2.98. The molecule has 0 spiro atoms. The van der Waals surface area contributed by atoms with Crippen LogP contribution in [0.15, 0.2) is 0 Å². The van der Waals surface area contributed by atoms with Crippen LogP contribution in [-0.2, 0) is 9.53 Å². The normalized spacial score (nSPS) is 20.1. The molecular formula is C12H22O3. The van der Waals surface area contributed by atoms with Gasteiger partial charge in [-0.3, -0.25) is 0 Å². The van der Waals surface area contributed by atoms with Crippen molar-refractivity contribution in [2.45, 2.75) is 63.9 Å². The molecule has 0 aromatic carbocycles. The summed E-state index contributed by atoms with van der Waals surface area (Å²) < 4.78 is 5.63. The maximum Gasteiger partial charge on any atom is 0.335 e. The van der Waals surface area contributed by atoms with Gasteiger partial charge < -0.3 is 9.84 Å². The van der Waals surface area contributed by atoms with Gasteiger partial charge in [-0.05, 0) is 32.1 Å². The molecule has 0 heterocycles. The lowest BCUT2D eigenvalue weighted by Crippen LogP contribution is -2.43. The second-order valence-electron chi connectivity index (χ2n) is 4.42. The molecule has 1 saturated carbocycles. The highest BCUT2D eigenvalue weighted by atomic mass is 16.5. The van der Waals surface area contributed by atoms with Crippen molar-refractivity contribution in [1.29, 1.82) is 0 Å². The highest BCUT2D eigenvalue weighted by Crippen LogP contribution is 2.32. The summed E-state index contributed by atoms with van der Waals surface area (Å²) in [4.78, 5) is 11.2. The molecule has 0 bridgehead atoms. The summed E-state index contributed by atoms with van der Waals surface area (Å²) in [7, 11) is 0. The van der Waals surface area contributed by atoms with Crippen molar-refractivity contribution in [1.82, 2.24) is 0 Å². The third kappa shape index (κ3) is 3.49. The van der Waals surface area contributed by atoms with Crippen molar-refractivity contribution in [3.8, 4) is 0 Å². The Morgan fingerprint density at radius 3 is 2.47 bits per heavy atom. The molecule has 1 fully saturated rings. The minimum absolute atomic E-state index is 0.597. The van der Waals surface area contributed by atoms with Crippen LogP contribution >= 0.6 is 0 Å². The van der Waals surface area contributed by atoms with Crippen molar-refractivity contribution in [2.75, 3.05) is 6.61 Å². The largest absolute Gasteiger partial charge is 0.479 e. The molecule has 0 aliphatic heterocycles. The Kier molecular flexibility index (Phi) is 5.09. The summed E-state index contributed by atoms with van der Waals surface area (Å²) in [5, 5.41) is 9.22. The predicted molar refractivity (Wildman–Crippen MR) is 58.9 cm³/mol. The van der Waals surface area contributed by atoms with E-state index in [4.69, 9.17) is 4.74 Å². The van der Waals surface area contributed by atoms with Crippen LogP contribution in [0.4, 0.5) is 0 Å². The van der Waals surface area contributed by atoms with E-state index >= 15 is 0 Å². The molecule has 0 atom stereocenters. The molecular weight excluding hydrogens is 192 g/mol. The Bertz CT molecular complexity index is 195. The van der Waals surface area contributed by atoms with Crippen molar-refractivity contribution >= 4 is 5.97 Å². The Labute approximate surface area is 91.8 Å². The first-order chi connectivity index (χ1) is 7.21. The van der Waals surface area contributed by atoms with Crippen LogP contribution in [-0.4, -0.2) is 23.3 Å². The average Bonchev–Trinajstić information content (AvgIpc) is 2.26. The minimum atomic E-state index is -0.855. The van der Waals surface area contributed by atoms with E-state index in [1.165, 1.54) is 0 Å². The molecule has 1 aliphatic rings. The lowest BCUT2D eigenvalue weighted by molar-refractivity contribution is -0.171. The van der Waals surface area contributed by atoms with E-state index in [-0.39, 0.29) is 0 Å². The van der Waals surface area contributed by atoms with Crippen molar-refractivity contribution in [3.63, 3.8) is 0 Å². The minimum Gasteiger partial charge on any atom is -0.479 e. The first kappa shape index (κ1) is 12.5. The van der Waals surface area contributed by atoms with E-state index in [0.29, 0.717) is 19.4 Å². The van der Waals surface area contributed by atoms with Crippen LogP contribution in [0.25, 0.3) is 0 Å². The summed E-state index contributed by atoms with van der Waals surface area (Å²) in [6.07, 6.45) is 7.74. The number of aliphatic carboxylic acids is 1. The number of carboxylic acids is 1. The standard InChI is InChI=1S/C12H22O3/c1-2-3-7-10-15-12(11(13)14)8-5-4-6-9-12/h2-10H2,1H3,(H,13,14). The van der Waals surface area contributed by atoms with Crippen molar-refractivity contribution in [3.05, 3.63) is 0 Å². The van der Waals surface area contributed by atoms with E-state index in [2.05, 4.69) is 6.92 Å². The van der Waals surface area contributed by atoms with Crippen LogP contribution in [0.1, 0.15) is 58.3 Å². The van der Waals surface area contributed by atoms with Crippen LogP contribution in [0.2, 0.25) is 0 Å². The summed E-state index contributed by atoms with van der Waals surface area (Å²) >= 11 is 0. The molecule has 0 saturated heterocycles. The third-order valence-corrected chi connectivity index (χ3v) is 3.18. The number of hydrogen-bond acceptors (Lipinski definition) is 2. The van der Waals surface area contributed by atoms with Gasteiger partial charge in [-0.15, -0.1) is 0 Å². The van der Waals surface area contributed by atoms with Crippen LogP contribution in [0.3, 0.4) is 0 Å². The topological polar surface area (TPSA) is 46.5 Å². The molecule has 0 unspecified atom stereocenters. The molecule has 0 aromatic rings. The number of rotatable bonds is 6. The van der Waals surface area contributed by atoms with Crippen LogP contribution in [0.5, 0.6) is 0 Å². The Hall–Kier alpha value is -0.570. The highest BCUT2D eigenvalue weighted by molar-refractivity contribution is 5.77. The average molecular weight is 214 g/mol. The lowest BCUT2D eigenvalue weighted by Gasteiger charge is -2.33. The van der Waals surface area contributed by atoms with Gasteiger partial charge in [0, 0.05) is 6.61 Å². The summed E-state index contributed by atoms with van der Waals surface area (Å²) in [5.74, 6) is -0.765. The van der Waals surface area contributed by atoms with E-state index in [0.717, 1.165) is 38.5 Å². The fraction of sp³-hybridized carbons (Fsp3) is 0.917. The maximum absolute atomic E-state index is 11.2. The molecule has 1 rings (SSSR count). The molecule has 3 nitrogen and oxygen atoms in total. The smallest absolute Gasteiger partial charge is 0.335 e. The third-order valence-electron chi connectivity index (χ3n) is 3.18. The molecule has 15 heavy (non-hydrogen) atoms. The van der Waals surface area contributed by atoms with Crippen LogP contribution < -0.4 is 0 Å². The second-order valence-corrected chi connectivity index (χ2v) is 4.42. The molecule has 1 N–H and O–H groups in total. The molecule has 88 valence electrons. The van der Waals surface area contributed by atoms with Crippen molar-refractivity contribution in [2.24, 2.45) is 0 Å². The summed E-state index contributed by atoms with van der Waals surface area (Å²) in [6, 6.07) is 0. The van der Waals surface area contributed by atoms with E-state index in [1.807, 2.05) is 0 Å². The Morgan fingerprint density at radius 2 is 1.93 bits per heavy atom. The van der Waals surface area contributed by atoms with E-state index in [9.17, 15) is 9.90 Å². The molecule has 1 aliphatic carbocycles. The quantitative estimate of drug-likeness (QED) is 0.691. The first-order valence-electron chi connectivity index (χ1n) is 6.08. The highest BCUT2D eigenvalue weighted by Gasteiger charge is 2.40. The maximum atomic E-state index is 11.2. The molecule has 0 amide bonds. The van der Waals surface area contributed by atoms with Gasteiger partial charge in [-0.25, -0.2) is 4.79 Å². The zero-order chi connectivity index (χ0) is 11.1. The number of carbonyl (C=O) groups is 1. The lowest BCUT2D eigenvalue weighted by atomic mass is 9.84. The Balaban J connectivity index is 2.39. The number of carboxylic acid groups (broad SMARTS) is 1. The summed E-state index contributed by atoms with van der Waals surface area (Å²) in [5.41, 5.74) is -0.855. The van der Waals surface area contributed by atoms with Gasteiger partial charge in [-0.2, -0.15) is 0 Å². The molecule has 0 aromatic heterocycles. The zero-order valence-corrected chi connectivity index (χ0v) is 9.63. The van der Waals surface area contributed by atoms with Gasteiger partial charge in [0.25, 0.3) is 0 Å². The summed E-state index contributed by atoms with van der Waals surface area (Å²) in [6.45, 7) is 2.73. The number of ether oxygens (including phenoxy) is 1. The fourth-order valence-corrected chi connectivity index (χ4v) is 2.16. The van der Waals surface area contributed by atoms with E-state index in [1.54, 1.807) is 0 Å². The van der Waals surface area contributed by atoms with Crippen LogP contribution in [0, 0.1) is 0 Å². The van der Waals surface area contributed by atoms with Gasteiger partial charge in [0.2, 0.25) is 0 Å². The molecule has 0 radical (unpaired) electrons. The SMILES string of the molecule is CCCCCOC1(C(=O)O)CCCCC1. The molecule has 3 heteroatoms. The van der Waals surface area contributed by atoms with Gasteiger partial charge in [0.1, 0.15) is 0 Å². The Morgan fingerprint density at radius 1 is 1.27 bits per heavy atom. The number of unbranched alkanes of at least 4 members (excludes halogenated alkanes) is 2. The number of hydrogen-bond donors (Lipinski definition) is 1. The van der Waals surface area contributed by atoms with Gasteiger partial charge >= 0.3 is 5.97 Å². The van der Waals surface area contributed by atoms with E-state index < -0.39 is 11.6 Å².